The molecule has 1 aromatic carbocycles. The van der Waals surface area contributed by atoms with Gasteiger partial charge in [-0.15, -0.1) is 0 Å². The molecule has 2 rings (SSSR count). The van der Waals surface area contributed by atoms with E-state index in [9.17, 15) is 5.11 Å². The van der Waals surface area contributed by atoms with Crippen LogP contribution in [0.2, 0.25) is 5.02 Å². The smallest absolute Gasteiger partial charge is 0.0798 e. The van der Waals surface area contributed by atoms with Crippen LogP contribution in [-0.2, 0) is 6.54 Å². The first-order valence-corrected chi connectivity index (χ1v) is 6.81. The molecule has 0 aliphatic carbocycles. The van der Waals surface area contributed by atoms with Crippen molar-refractivity contribution in [3.05, 3.63) is 34.9 Å². The summed E-state index contributed by atoms with van der Waals surface area (Å²) in [5, 5.41) is 14.5. The zero-order valence-corrected chi connectivity index (χ0v) is 11.6. The minimum Gasteiger partial charge on any atom is -0.388 e. The molecule has 0 spiro atoms. The van der Waals surface area contributed by atoms with Crippen molar-refractivity contribution in [1.82, 2.24) is 10.2 Å². The second kappa shape index (κ2) is 6.02. The van der Waals surface area contributed by atoms with Gasteiger partial charge >= 0.3 is 0 Å². The Morgan fingerprint density at radius 3 is 2.50 bits per heavy atom. The highest BCUT2D eigenvalue weighted by Gasteiger charge is 2.30. The standard InChI is InChI=1S/C14H21ClN2O/c1-17(10-12-2-4-13(15)5-3-12)11-14(18)6-8-16-9-7-14/h2-5,16,18H,6-11H2,1H3. The van der Waals surface area contributed by atoms with Gasteiger partial charge in [-0.2, -0.15) is 0 Å². The van der Waals surface area contributed by atoms with Gasteiger partial charge < -0.3 is 10.4 Å². The minimum atomic E-state index is -0.535. The van der Waals surface area contributed by atoms with Gasteiger partial charge in [0.2, 0.25) is 0 Å². The van der Waals surface area contributed by atoms with E-state index in [0.29, 0.717) is 0 Å². The van der Waals surface area contributed by atoms with Crippen LogP contribution in [0.4, 0.5) is 0 Å². The Hall–Kier alpha value is -0.610. The molecular weight excluding hydrogens is 248 g/mol. The third-order valence-corrected chi connectivity index (χ3v) is 3.72. The van der Waals surface area contributed by atoms with E-state index in [-0.39, 0.29) is 0 Å². The summed E-state index contributed by atoms with van der Waals surface area (Å²) in [7, 11) is 2.05. The maximum Gasteiger partial charge on any atom is 0.0798 e. The first-order chi connectivity index (χ1) is 8.57. The molecule has 1 fully saturated rings. The van der Waals surface area contributed by atoms with Crippen LogP contribution in [0.15, 0.2) is 24.3 Å². The molecule has 0 atom stereocenters. The molecule has 2 N–H and O–H groups in total. The van der Waals surface area contributed by atoms with Crippen LogP contribution in [0, 0.1) is 0 Å². The van der Waals surface area contributed by atoms with E-state index >= 15 is 0 Å². The summed E-state index contributed by atoms with van der Waals surface area (Å²) in [5.41, 5.74) is 0.686. The molecule has 1 aromatic rings. The maximum absolute atomic E-state index is 10.5. The Balaban J connectivity index is 1.87. The molecule has 1 saturated heterocycles. The molecule has 0 radical (unpaired) electrons. The Labute approximate surface area is 114 Å². The number of benzene rings is 1. The molecule has 0 amide bonds. The van der Waals surface area contributed by atoms with Crippen molar-refractivity contribution < 1.29 is 5.11 Å². The van der Waals surface area contributed by atoms with E-state index in [0.717, 1.165) is 44.0 Å². The largest absolute Gasteiger partial charge is 0.388 e. The summed E-state index contributed by atoms with van der Waals surface area (Å²) in [6.07, 6.45) is 1.66. The topological polar surface area (TPSA) is 35.5 Å². The zero-order chi connectivity index (χ0) is 13.0. The zero-order valence-electron chi connectivity index (χ0n) is 10.8. The lowest BCUT2D eigenvalue weighted by atomic mass is 9.92. The van der Waals surface area contributed by atoms with Gasteiger partial charge in [0.1, 0.15) is 0 Å². The quantitative estimate of drug-likeness (QED) is 0.875. The minimum absolute atomic E-state index is 0.535. The molecule has 100 valence electrons. The molecule has 0 bridgehead atoms. The van der Waals surface area contributed by atoms with Crippen molar-refractivity contribution in [2.45, 2.75) is 25.0 Å². The van der Waals surface area contributed by atoms with Crippen LogP contribution in [0.1, 0.15) is 18.4 Å². The lowest BCUT2D eigenvalue weighted by Crippen LogP contribution is -2.48. The number of nitrogens with one attached hydrogen (secondary N) is 1. The van der Waals surface area contributed by atoms with Crippen molar-refractivity contribution in [2.75, 3.05) is 26.7 Å². The molecule has 0 unspecified atom stereocenters. The van der Waals surface area contributed by atoms with Gasteiger partial charge in [0, 0.05) is 18.1 Å². The van der Waals surface area contributed by atoms with Crippen molar-refractivity contribution >= 4 is 11.6 Å². The molecule has 18 heavy (non-hydrogen) atoms. The number of rotatable bonds is 4. The van der Waals surface area contributed by atoms with E-state index < -0.39 is 5.60 Å². The predicted molar refractivity (Wildman–Crippen MR) is 74.8 cm³/mol. The highest BCUT2D eigenvalue weighted by atomic mass is 35.5. The Bertz CT molecular complexity index is 374. The molecule has 3 nitrogen and oxygen atoms in total. The second-order valence-corrected chi connectivity index (χ2v) is 5.71. The molecule has 0 saturated carbocycles. The van der Waals surface area contributed by atoms with E-state index in [4.69, 9.17) is 11.6 Å². The summed E-state index contributed by atoms with van der Waals surface area (Å²) in [5.74, 6) is 0. The van der Waals surface area contributed by atoms with Gasteiger partial charge in [0.05, 0.1) is 5.60 Å². The van der Waals surface area contributed by atoms with E-state index in [2.05, 4.69) is 17.3 Å². The van der Waals surface area contributed by atoms with E-state index in [1.807, 2.05) is 24.3 Å². The van der Waals surface area contributed by atoms with Gasteiger partial charge in [-0.05, 0) is 50.7 Å². The number of piperidine rings is 1. The number of hydrogen-bond acceptors (Lipinski definition) is 3. The van der Waals surface area contributed by atoms with Crippen molar-refractivity contribution in [3.63, 3.8) is 0 Å². The summed E-state index contributed by atoms with van der Waals surface area (Å²) in [4.78, 5) is 2.18. The van der Waals surface area contributed by atoms with Crippen LogP contribution in [-0.4, -0.2) is 42.3 Å². The Morgan fingerprint density at radius 1 is 1.28 bits per heavy atom. The van der Waals surface area contributed by atoms with Crippen LogP contribution in [0.25, 0.3) is 0 Å². The van der Waals surface area contributed by atoms with Gasteiger partial charge in [0.25, 0.3) is 0 Å². The summed E-state index contributed by atoms with van der Waals surface area (Å²) < 4.78 is 0. The molecule has 0 aromatic heterocycles. The number of nitrogens with zero attached hydrogens (tertiary/aromatic N) is 1. The SMILES string of the molecule is CN(Cc1ccc(Cl)cc1)CC1(O)CCNCC1. The average Bonchev–Trinajstić information content (AvgIpc) is 2.32. The lowest BCUT2D eigenvalue weighted by molar-refractivity contribution is -0.0168. The summed E-state index contributed by atoms with van der Waals surface area (Å²) in [6.45, 7) is 3.38. The highest BCUT2D eigenvalue weighted by Crippen LogP contribution is 2.20. The second-order valence-electron chi connectivity index (χ2n) is 5.27. The molecule has 1 aliphatic heterocycles. The fourth-order valence-electron chi connectivity index (χ4n) is 2.51. The van der Waals surface area contributed by atoms with Crippen LogP contribution in [0.3, 0.4) is 0 Å². The lowest BCUT2D eigenvalue weighted by Gasteiger charge is -2.36. The first-order valence-electron chi connectivity index (χ1n) is 6.43. The van der Waals surface area contributed by atoms with Crippen LogP contribution >= 0.6 is 11.6 Å². The maximum atomic E-state index is 10.5. The summed E-state index contributed by atoms with van der Waals surface area (Å²) in [6, 6.07) is 7.88. The Morgan fingerprint density at radius 2 is 1.89 bits per heavy atom. The van der Waals surface area contributed by atoms with Gasteiger partial charge in [0.15, 0.2) is 0 Å². The highest BCUT2D eigenvalue weighted by molar-refractivity contribution is 6.30. The fourth-order valence-corrected chi connectivity index (χ4v) is 2.64. The number of halogens is 1. The molecule has 1 heterocycles. The molecule has 4 heteroatoms. The van der Waals surface area contributed by atoms with Crippen molar-refractivity contribution in [3.8, 4) is 0 Å². The number of aliphatic hydroxyl groups is 1. The number of likely N-dealkylation sites (N-methyl/N-ethyl adjacent to an activating group) is 1. The van der Waals surface area contributed by atoms with E-state index in [1.165, 1.54) is 5.56 Å². The van der Waals surface area contributed by atoms with Crippen molar-refractivity contribution in [2.24, 2.45) is 0 Å². The first kappa shape index (κ1) is 13.8. The van der Waals surface area contributed by atoms with Crippen molar-refractivity contribution in [1.29, 1.82) is 0 Å². The third-order valence-electron chi connectivity index (χ3n) is 3.46. The monoisotopic (exact) mass is 268 g/mol. The predicted octanol–water partition coefficient (Wildman–Crippen LogP) is 1.89. The van der Waals surface area contributed by atoms with E-state index in [1.54, 1.807) is 0 Å². The van der Waals surface area contributed by atoms with Gasteiger partial charge in [-0.25, -0.2) is 0 Å². The fraction of sp³-hybridized carbons (Fsp3) is 0.571. The van der Waals surface area contributed by atoms with Gasteiger partial charge in [-0.3, -0.25) is 4.90 Å². The summed E-state index contributed by atoms with van der Waals surface area (Å²) >= 11 is 5.87. The normalized spacial score (nSPS) is 19.1. The van der Waals surface area contributed by atoms with Crippen LogP contribution < -0.4 is 5.32 Å². The Kier molecular flexibility index (Phi) is 4.62. The number of hydrogen-bond donors (Lipinski definition) is 2. The average molecular weight is 269 g/mol. The van der Waals surface area contributed by atoms with Crippen LogP contribution in [0.5, 0.6) is 0 Å². The third kappa shape index (κ3) is 3.95. The molecule has 1 aliphatic rings. The molecular formula is C14H21ClN2O. The van der Waals surface area contributed by atoms with Gasteiger partial charge in [-0.1, -0.05) is 23.7 Å².